The van der Waals surface area contributed by atoms with Crippen LogP contribution in [0.1, 0.15) is 34.5 Å². The summed E-state index contributed by atoms with van der Waals surface area (Å²) in [4.78, 5) is 17.1. The Bertz CT molecular complexity index is 1160. The Morgan fingerprint density at radius 2 is 1.62 bits per heavy atom. The van der Waals surface area contributed by atoms with Gasteiger partial charge < -0.3 is 10.4 Å². The molecular weight excluding hydrogens is 362 g/mol. The van der Waals surface area contributed by atoms with Crippen LogP contribution < -0.4 is 10.9 Å². The van der Waals surface area contributed by atoms with E-state index in [0.29, 0.717) is 17.9 Å². The largest absolute Gasteiger partial charge is 0.386 e. The van der Waals surface area contributed by atoms with Gasteiger partial charge in [-0.3, -0.25) is 9.20 Å². The van der Waals surface area contributed by atoms with E-state index in [2.05, 4.69) is 10.3 Å². The molecule has 29 heavy (non-hydrogen) atoms. The van der Waals surface area contributed by atoms with Crippen molar-refractivity contribution in [3.05, 3.63) is 118 Å². The van der Waals surface area contributed by atoms with Crippen LogP contribution in [0.5, 0.6) is 0 Å². The number of nitrogens with one attached hydrogen (secondary N) is 1. The van der Waals surface area contributed by atoms with Gasteiger partial charge in [0.25, 0.3) is 5.56 Å². The van der Waals surface area contributed by atoms with Crippen LogP contribution in [0.2, 0.25) is 0 Å². The molecule has 2 aromatic heterocycles. The first-order valence-corrected chi connectivity index (χ1v) is 9.62. The number of aliphatic hydroxyl groups is 1. The third kappa shape index (κ3) is 4.26. The molecule has 146 valence electrons. The predicted molar refractivity (Wildman–Crippen MR) is 114 cm³/mol. The molecule has 0 saturated carbocycles. The van der Waals surface area contributed by atoms with Crippen LogP contribution in [0.3, 0.4) is 0 Å². The minimum atomic E-state index is -0.734. The first-order valence-electron chi connectivity index (χ1n) is 9.62. The SMILES string of the molecule is Cc1ccc2nc(CN[C@H](c3ccccc3)[C@@H](O)c3ccccc3)cc(=O)n2c1. The van der Waals surface area contributed by atoms with Gasteiger partial charge in [0.2, 0.25) is 0 Å². The zero-order chi connectivity index (χ0) is 20.2. The highest BCUT2D eigenvalue weighted by molar-refractivity contribution is 5.40. The molecule has 4 rings (SSSR count). The van der Waals surface area contributed by atoms with E-state index in [-0.39, 0.29) is 11.6 Å². The van der Waals surface area contributed by atoms with Gasteiger partial charge in [0, 0.05) is 18.8 Å². The number of aliphatic hydroxyl groups excluding tert-OH is 1. The Hall–Kier alpha value is -3.28. The van der Waals surface area contributed by atoms with E-state index in [0.717, 1.165) is 16.7 Å². The number of hydrogen-bond acceptors (Lipinski definition) is 4. The number of nitrogens with zero attached hydrogens (tertiary/aromatic N) is 2. The van der Waals surface area contributed by atoms with E-state index < -0.39 is 6.10 Å². The lowest BCUT2D eigenvalue weighted by molar-refractivity contribution is 0.127. The van der Waals surface area contributed by atoms with Crippen LogP contribution in [-0.4, -0.2) is 14.5 Å². The molecule has 0 aliphatic heterocycles. The summed E-state index contributed by atoms with van der Waals surface area (Å²) in [6, 6.07) is 24.4. The number of benzene rings is 2. The molecule has 0 unspecified atom stereocenters. The average molecular weight is 385 g/mol. The molecule has 0 spiro atoms. The lowest BCUT2D eigenvalue weighted by atomic mass is 9.95. The maximum absolute atomic E-state index is 12.5. The van der Waals surface area contributed by atoms with Crippen molar-refractivity contribution in [2.24, 2.45) is 0 Å². The van der Waals surface area contributed by atoms with E-state index in [4.69, 9.17) is 0 Å². The van der Waals surface area contributed by atoms with Gasteiger partial charge in [0.15, 0.2) is 0 Å². The van der Waals surface area contributed by atoms with Crippen LogP contribution in [0.15, 0.2) is 89.9 Å². The number of fused-ring (bicyclic) bond motifs is 1. The average Bonchev–Trinajstić information content (AvgIpc) is 2.76. The molecule has 2 heterocycles. The second-order valence-corrected chi connectivity index (χ2v) is 7.15. The van der Waals surface area contributed by atoms with Gasteiger partial charge in [-0.25, -0.2) is 4.98 Å². The first-order chi connectivity index (χ1) is 14.1. The summed E-state index contributed by atoms with van der Waals surface area (Å²) in [6.07, 6.45) is 1.05. The van der Waals surface area contributed by atoms with E-state index in [1.807, 2.05) is 79.7 Å². The van der Waals surface area contributed by atoms with Crippen molar-refractivity contribution in [2.75, 3.05) is 0 Å². The molecule has 4 aromatic rings. The maximum Gasteiger partial charge on any atom is 0.258 e. The van der Waals surface area contributed by atoms with Crippen LogP contribution in [0.25, 0.3) is 5.65 Å². The summed E-state index contributed by atoms with van der Waals surface area (Å²) in [5.74, 6) is 0. The second kappa shape index (κ2) is 8.39. The standard InChI is InChI=1S/C24H23N3O2/c1-17-12-13-21-26-20(14-22(28)27(21)16-17)15-25-23(18-8-4-2-5-9-18)24(29)19-10-6-3-7-11-19/h2-14,16,23-25,29H,15H2,1H3/t23-,24+/m1/s1. The van der Waals surface area contributed by atoms with E-state index in [1.165, 1.54) is 6.07 Å². The smallest absolute Gasteiger partial charge is 0.258 e. The molecule has 0 fully saturated rings. The fourth-order valence-electron chi connectivity index (χ4n) is 3.48. The van der Waals surface area contributed by atoms with Crippen molar-refractivity contribution < 1.29 is 5.11 Å². The number of hydrogen-bond donors (Lipinski definition) is 2. The van der Waals surface area contributed by atoms with Gasteiger partial charge in [0.05, 0.1) is 17.8 Å². The molecular formula is C24H23N3O2. The van der Waals surface area contributed by atoms with Crippen molar-refractivity contribution >= 4 is 5.65 Å². The van der Waals surface area contributed by atoms with E-state index in [1.54, 1.807) is 10.6 Å². The van der Waals surface area contributed by atoms with Crippen LogP contribution in [0.4, 0.5) is 0 Å². The molecule has 5 nitrogen and oxygen atoms in total. The first kappa shape index (κ1) is 19.1. The van der Waals surface area contributed by atoms with Crippen LogP contribution in [0, 0.1) is 6.92 Å². The highest BCUT2D eigenvalue weighted by atomic mass is 16.3. The molecule has 5 heteroatoms. The Morgan fingerprint density at radius 3 is 2.31 bits per heavy atom. The van der Waals surface area contributed by atoms with E-state index in [9.17, 15) is 9.90 Å². The second-order valence-electron chi connectivity index (χ2n) is 7.15. The van der Waals surface area contributed by atoms with Crippen molar-refractivity contribution in [3.63, 3.8) is 0 Å². The molecule has 0 bridgehead atoms. The minimum absolute atomic E-state index is 0.115. The monoisotopic (exact) mass is 385 g/mol. The van der Waals surface area contributed by atoms with Crippen LogP contribution in [-0.2, 0) is 6.54 Å². The lowest BCUT2D eigenvalue weighted by Crippen LogP contribution is -2.28. The lowest BCUT2D eigenvalue weighted by Gasteiger charge is -2.25. The summed E-state index contributed by atoms with van der Waals surface area (Å²) in [6.45, 7) is 2.31. The van der Waals surface area contributed by atoms with Crippen molar-refractivity contribution in [1.82, 2.24) is 14.7 Å². The highest BCUT2D eigenvalue weighted by Crippen LogP contribution is 2.28. The summed E-state index contributed by atoms with van der Waals surface area (Å²) in [7, 11) is 0. The zero-order valence-electron chi connectivity index (χ0n) is 16.2. The summed E-state index contributed by atoms with van der Waals surface area (Å²) in [5.41, 5.74) is 3.94. The molecule has 0 aliphatic rings. The molecule has 0 radical (unpaired) electrons. The number of rotatable bonds is 6. The van der Waals surface area contributed by atoms with Gasteiger partial charge >= 0.3 is 0 Å². The zero-order valence-corrected chi connectivity index (χ0v) is 16.2. The van der Waals surface area contributed by atoms with Gasteiger partial charge in [-0.15, -0.1) is 0 Å². The molecule has 0 saturated heterocycles. The molecule has 2 N–H and O–H groups in total. The number of aryl methyl sites for hydroxylation is 1. The molecule has 0 aliphatic carbocycles. The Labute approximate surface area is 169 Å². The van der Waals surface area contributed by atoms with Crippen LogP contribution >= 0.6 is 0 Å². The summed E-state index contributed by atoms with van der Waals surface area (Å²) in [5, 5.41) is 14.4. The van der Waals surface area contributed by atoms with E-state index >= 15 is 0 Å². The topological polar surface area (TPSA) is 66.6 Å². The predicted octanol–water partition coefficient (Wildman–Crippen LogP) is 3.57. The van der Waals surface area contributed by atoms with Gasteiger partial charge in [-0.05, 0) is 29.7 Å². The molecule has 2 aromatic carbocycles. The van der Waals surface area contributed by atoms with Crippen molar-refractivity contribution in [3.8, 4) is 0 Å². The van der Waals surface area contributed by atoms with Gasteiger partial charge in [-0.2, -0.15) is 0 Å². The fourth-order valence-corrected chi connectivity index (χ4v) is 3.48. The Morgan fingerprint density at radius 1 is 0.966 bits per heavy atom. The Balaban J connectivity index is 1.62. The Kier molecular flexibility index (Phi) is 5.51. The van der Waals surface area contributed by atoms with Gasteiger partial charge in [-0.1, -0.05) is 66.7 Å². The maximum atomic E-state index is 12.5. The summed E-state index contributed by atoms with van der Waals surface area (Å²) < 4.78 is 1.55. The summed E-state index contributed by atoms with van der Waals surface area (Å²) >= 11 is 0. The highest BCUT2D eigenvalue weighted by Gasteiger charge is 2.22. The number of aromatic nitrogens is 2. The minimum Gasteiger partial charge on any atom is -0.386 e. The normalized spacial score (nSPS) is 13.3. The van der Waals surface area contributed by atoms with Gasteiger partial charge in [0.1, 0.15) is 5.65 Å². The third-order valence-electron chi connectivity index (χ3n) is 4.98. The number of pyridine rings is 1. The fraction of sp³-hybridized carbons (Fsp3) is 0.167. The van der Waals surface area contributed by atoms with Crippen molar-refractivity contribution in [1.29, 1.82) is 0 Å². The molecule has 0 amide bonds. The molecule has 2 atom stereocenters. The third-order valence-corrected chi connectivity index (χ3v) is 4.98. The van der Waals surface area contributed by atoms with Crippen molar-refractivity contribution in [2.45, 2.75) is 25.6 Å². The quantitative estimate of drug-likeness (QED) is 0.533.